The summed E-state index contributed by atoms with van der Waals surface area (Å²) in [6, 6.07) is -1.35. The van der Waals surface area contributed by atoms with Crippen LogP contribution in [0.4, 0.5) is 4.39 Å². The van der Waals surface area contributed by atoms with Crippen molar-refractivity contribution in [3.8, 4) is 0 Å². The van der Waals surface area contributed by atoms with Crippen LogP contribution in [0.2, 0.25) is 0 Å². The van der Waals surface area contributed by atoms with Crippen molar-refractivity contribution in [2.45, 2.75) is 25.1 Å². The summed E-state index contributed by atoms with van der Waals surface area (Å²) in [6.45, 7) is 0. The number of halogens is 1. The molecule has 0 aromatic heterocycles. The van der Waals surface area contributed by atoms with E-state index in [-0.39, 0.29) is 5.92 Å². The van der Waals surface area contributed by atoms with Gasteiger partial charge in [0.15, 0.2) is 0 Å². The maximum Gasteiger partial charge on any atom is 0.323 e. The van der Waals surface area contributed by atoms with Gasteiger partial charge in [0.2, 0.25) is 0 Å². The first-order valence-electron chi connectivity index (χ1n) is 4.33. The first-order chi connectivity index (χ1) is 6.13. The second-order valence-corrected chi connectivity index (χ2v) is 4.48. The molecular formula is C8H14FNO2S. The number of nitrogens with two attached hydrogens (primary N) is 1. The molecule has 1 aliphatic rings. The van der Waals surface area contributed by atoms with Crippen LogP contribution in [0.3, 0.4) is 0 Å². The molecule has 0 bridgehead atoms. The fraction of sp³-hybridized carbons (Fsp3) is 0.875. The molecule has 0 saturated carbocycles. The molecule has 0 aromatic rings. The van der Waals surface area contributed by atoms with Crippen molar-refractivity contribution < 1.29 is 14.3 Å². The van der Waals surface area contributed by atoms with Crippen LogP contribution in [0.1, 0.15) is 12.8 Å². The van der Waals surface area contributed by atoms with E-state index in [2.05, 4.69) is 0 Å². The number of carbonyl (C=O) groups is 1. The van der Waals surface area contributed by atoms with Crippen LogP contribution in [-0.2, 0) is 4.79 Å². The molecule has 1 heterocycles. The zero-order valence-electron chi connectivity index (χ0n) is 7.28. The Balaban J connectivity index is 2.44. The normalized spacial score (nSPS) is 23.8. The van der Waals surface area contributed by atoms with E-state index < -0.39 is 18.2 Å². The van der Waals surface area contributed by atoms with Gasteiger partial charge in [-0.05, 0) is 30.3 Å². The first-order valence-corrected chi connectivity index (χ1v) is 5.48. The second kappa shape index (κ2) is 4.81. The van der Waals surface area contributed by atoms with Crippen LogP contribution in [0, 0.1) is 5.92 Å². The van der Waals surface area contributed by atoms with E-state index in [1.54, 1.807) is 11.8 Å². The maximum atomic E-state index is 13.4. The van der Waals surface area contributed by atoms with Crippen LogP contribution in [-0.4, -0.2) is 34.8 Å². The molecule has 0 aliphatic carbocycles. The SMILES string of the molecule is NC(C(=O)O)C(F)C1CCSCC1. The van der Waals surface area contributed by atoms with Crippen molar-refractivity contribution in [3.05, 3.63) is 0 Å². The van der Waals surface area contributed by atoms with Gasteiger partial charge in [-0.25, -0.2) is 4.39 Å². The molecule has 0 amide bonds. The smallest absolute Gasteiger partial charge is 0.323 e. The number of thioether (sulfide) groups is 1. The highest BCUT2D eigenvalue weighted by Crippen LogP contribution is 2.28. The number of aliphatic carboxylic acids is 1. The maximum absolute atomic E-state index is 13.4. The molecule has 76 valence electrons. The zero-order chi connectivity index (χ0) is 9.84. The van der Waals surface area contributed by atoms with Crippen LogP contribution >= 0.6 is 11.8 Å². The van der Waals surface area contributed by atoms with Gasteiger partial charge in [-0.2, -0.15) is 11.8 Å². The number of hydrogen-bond donors (Lipinski definition) is 2. The van der Waals surface area contributed by atoms with E-state index in [1.807, 2.05) is 0 Å². The summed E-state index contributed by atoms with van der Waals surface area (Å²) < 4.78 is 13.4. The van der Waals surface area contributed by atoms with Crippen LogP contribution in [0.5, 0.6) is 0 Å². The zero-order valence-corrected chi connectivity index (χ0v) is 8.10. The molecule has 2 atom stereocenters. The number of rotatable bonds is 3. The molecule has 1 saturated heterocycles. The molecule has 5 heteroatoms. The lowest BCUT2D eigenvalue weighted by atomic mass is 9.92. The summed E-state index contributed by atoms with van der Waals surface area (Å²) >= 11 is 1.78. The summed E-state index contributed by atoms with van der Waals surface area (Å²) in [5.74, 6) is 0.424. The monoisotopic (exact) mass is 207 g/mol. The Kier molecular flexibility index (Phi) is 3.99. The van der Waals surface area contributed by atoms with Crippen LogP contribution < -0.4 is 5.73 Å². The number of carboxylic acids is 1. The van der Waals surface area contributed by atoms with Gasteiger partial charge in [0.05, 0.1) is 0 Å². The Morgan fingerprint density at radius 3 is 2.54 bits per heavy atom. The van der Waals surface area contributed by atoms with Crippen LogP contribution in [0.15, 0.2) is 0 Å². The van der Waals surface area contributed by atoms with Gasteiger partial charge >= 0.3 is 5.97 Å². The first kappa shape index (κ1) is 10.8. The quantitative estimate of drug-likeness (QED) is 0.721. The highest BCUT2D eigenvalue weighted by atomic mass is 32.2. The fourth-order valence-corrected chi connectivity index (χ4v) is 2.61. The minimum Gasteiger partial charge on any atom is -0.480 e. The molecule has 0 radical (unpaired) electrons. The predicted molar refractivity (Wildman–Crippen MR) is 50.6 cm³/mol. The van der Waals surface area contributed by atoms with E-state index in [9.17, 15) is 9.18 Å². The minimum atomic E-state index is -1.39. The molecule has 3 nitrogen and oxygen atoms in total. The molecule has 0 aromatic carbocycles. The van der Waals surface area contributed by atoms with Crippen molar-refractivity contribution in [2.24, 2.45) is 11.7 Å². The summed E-state index contributed by atoms with van der Waals surface area (Å²) in [4.78, 5) is 10.4. The van der Waals surface area contributed by atoms with Gasteiger partial charge in [-0.1, -0.05) is 0 Å². The topological polar surface area (TPSA) is 63.3 Å². The van der Waals surface area contributed by atoms with Crippen molar-refractivity contribution in [1.29, 1.82) is 0 Å². The molecule has 1 rings (SSSR count). The Hall–Kier alpha value is -0.290. The van der Waals surface area contributed by atoms with E-state index in [0.717, 1.165) is 24.3 Å². The molecule has 13 heavy (non-hydrogen) atoms. The van der Waals surface area contributed by atoms with E-state index >= 15 is 0 Å². The third kappa shape index (κ3) is 2.84. The van der Waals surface area contributed by atoms with Crippen molar-refractivity contribution >= 4 is 17.7 Å². The summed E-state index contributed by atoms with van der Waals surface area (Å²) in [6.07, 6.45) is 0.0954. The summed E-state index contributed by atoms with van der Waals surface area (Å²) in [7, 11) is 0. The lowest BCUT2D eigenvalue weighted by molar-refractivity contribution is -0.140. The lowest BCUT2D eigenvalue weighted by Gasteiger charge is -2.26. The summed E-state index contributed by atoms with van der Waals surface area (Å²) in [5, 5.41) is 8.51. The van der Waals surface area contributed by atoms with Gasteiger partial charge < -0.3 is 10.8 Å². The highest BCUT2D eigenvalue weighted by Gasteiger charge is 2.32. The Morgan fingerprint density at radius 2 is 2.08 bits per heavy atom. The van der Waals surface area contributed by atoms with Gasteiger partial charge in [0, 0.05) is 0 Å². The number of hydrogen-bond acceptors (Lipinski definition) is 3. The summed E-state index contributed by atoms with van der Waals surface area (Å²) in [5.41, 5.74) is 5.21. The van der Waals surface area contributed by atoms with Crippen molar-refractivity contribution in [2.75, 3.05) is 11.5 Å². The highest BCUT2D eigenvalue weighted by molar-refractivity contribution is 7.99. The molecule has 2 unspecified atom stereocenters. The Labute approximate surface area is 80.9 Å². The van der Waals surface area contributed by atoms with Crippen molar-refractivity contribution in [3.63, 3.8) is 0 Å². The largest absolute Gasteiger partial charge is 0.480 e. The van der Waals surface area contributed by atoms with Gasteiger partial charge in [0.1, 0.15) is 12.2 Å². The van der Waals surface area contributed by atoms with Gasteiger partial charge in [0.25, 0.3) is 0 Å². The van der Waals surface area contributed by atoms with Crippen LogP contribution in [0.25, 0.3) is 0 Å². The fourth-order valence-electron chi connectivity index (χ4n) is 1.46. The minimum absolute atomic E-state index is 0.160. The number of carboxylic acid groups (broad SMARTS) is 1. The van der Waals surface area contributed by atoms with Gasteiger partial charge in [-0.15, -0.1) is 0 Å². The Bertz CT molecular complexity index is 185. The lowest BCUT2D eigenvalue weighted by Crippen LogP contribution is -2.44. The average molecular weight is 207 g/mol. The third-order valence-corrected chi connectivity index (χ3v) is 3.39. The van der Waals surface area contributed by atoms with Crippen molar-refractivity contribution in [1.82, 2.24) is 0 Å². The molecular weight excluding hydrogens is 193 g/mol. The number of alkyl halides is 1. The molecule has 0 spiro atoms. The molecule has 1 aliphatic heterocycles. The third-order valence-electron chi connectivity index (χ3n) is 2.34. The molecule has 3 N–H and O–H groups in total. The second-order valence-electron chi connectivity index (χ2n) is 3.26. The predicted octanol–water partition coefficient (Wildman–Crippen LogP) is 0.880. The van der Waals surface area contributed by atoms with E-state index in [4.69, 9.17) is 10.8 Å². The Morgan fingerprint density at radius 1 is 1.54 bits per heavy atom. The standard InChI is InChI=1S/C8H14FNO2S/c9-6(7(10)8(11)12)5-1-3-13-4-2-5/h5-7H,1-4,10H2,(H,11,12). The van der Waals surface area contributed by atoms with E-state index in [0.29, 0.717) is 0 Å². The average Bonchev–Trinajstić information content (AvgIpc) is 2.17. The van der Waals surface area contributed by atoms with Gasteiger partial charge in [-0.3, -0.25) is 4.79 Å². The van der Waals surface area contributed by atoms with E-state index in [1.165, 1.54) is 0 Å². The molecule has 1 fully saturated rings.